The molecule has 0 aromatic heterocycles. The molecule has 1 aromatic rings. The zero-order valence-corrected chi connectivity index (χ0v) is 19.0. The van der Waals surface area contributed by atoms with Gasteiger partial charge in [-0.15, -0.1) is 0 Å². The van der Waals surface area contributed by atoms with E-state index in [1.54, 1.807) is 0 Å². The average molecular weight is 434 g/mol. The summed E-state index contributed by atoms with van der Waals surface area (Å²) in [7, 11) is 0. The van der Waals surface area contributed by atoms with Gasteiger partial charge < -0.3 is 25.0 Å². The summed E-state index contributed by atoms with van der Waals surface area (Å²) in [5.74, 6) is 0.528. The monoisotopic (exact) mass is 433 g/mol. The topological polar surface area (TPSA) is 97.0 Å². The second-order valence-corrected chi connectivity index (χ2v) is 8.58. The summed E-state index contributed by atoms with van der Waals surface area (Å²) in [5.41, 5.74) is 0.777. The van der Waals surface area contributed by atoms with Crippen LogP contribution < -0.4 is 15.4 Å². The quantitative estimate of drug-likeness (QED) is 0.521. The third-order valence-electron chi connectivity index (χ3n) is 4.85. The van der Waals surface area contributed by atoms with Gasteiger partial charge in [-0.3, -0.25) is 14.4 Å². The molecule has 1 aliphatic rings. The highest BCUT2D eigenvalue weighted by Gasteiger charge is 2.35. The number of carbonyl (C=O) groups is 3. The first kappa shape index (κ1) is 24.5. The molecule has 31 heavy (non-hydrogen) atoms. The Balaban J connectivity index is 1.87. The molecule has 8 heteroatoms. The van der Waals surface area contributed by atoms with Crippen molar-refractivity contribution in [1.29, 1.82) is 0 Å². The molecule has 0 spiro atoms. The molecule has 1 aliphatic heterocycles. The Morgan fingerprint density at radius 3 is 2.52 bits per heavy atom. The lowest BCUT2D eigenvalue weighted by molar-refractivity contribution is -0.152. The lowest BCUT2D eigenvalue weighted by atomic mass is 10.1. The van der Waals surface area contributed by atoms with E-state index in [-0.39, 0.29) is 30.7 Å². The minimum atomic E-state index is -0.848. The number of nitrogens with zero attached hydrogens (tertiary/aromatic N) is 1. The molecular weight excluding hydrogens is 398 g/mol. The van der Waals surface area contributed by atoms with Crippen LogP contribution in [0.5, 0.6) is 5.75 Å². The molecule has 2 rings (SSSR count). The van der Waals surface area contributed by atoms with Gasteiger partial charge in [0, 0.05) is 18.8 Å². The van der Waals surface area contributed by atoms with Crippen LogP contribution >= 0.6 is 0 Å². The fourth-order valence-electron chi connectivity index (χ4n) is 3.05. The van der Waals surface area contributed by atoms with E-state index in [9.17, 15) is 14.4 Å². The van der Waals surface area contributed by atoms with Gasteiger partial charge in [-0.05, 0) is 42.5 Å². The summed E-state index contributed by atoms with van der Waals surface area (Å²) in [6.07, 6.45) is 0.844. The SMILES string of the molecule is CC(C)CCOc1ccc(NCC(=O)N2CCNC(=O)C2CC(=O)OCC(C)C)cc1. The first-order chi connectivity index (χ1) is 14.8. The summed E-state index contributed by atoms with van der Waals surface area (Å²) in [6.45, 7) is 9.89. The predicted octanol–water partition coefficient (Wildman–Crippen LogP) is 2.44. The summed E-state index contributed by atoms with van der Waals surface area (Å²) < 4.78 is 10.9. The Morgan fingerprint density at radius 2 is 1.87 bits per heavy atom. The predicted molar refractivity (Wildman–Crippen MR) is 119 cm³/mol. The van der Waals surface area contributed by atoms with E-state index < -0.39 is 12.0 Å². The van der Waals surface area contributed by atoms with Crippen molar-refractivity contribution >= 4 is 23.5 Å². The molecule has 1 fully saturated rings. The number of piperazine rings is 1. The Labute approximate surface area is 184 Å². The van der Waals surface area contributed by atoms with Gasteiger partial charge in [0.1, 0.15) is 11.8 Å². The van der Waals surface area contributed by atoms with Crippen molar-refractivity contribution in [2.45, 2.75) is 46.6 Å². The second-order valence-electron chi connectivity index (χ2n) is 8.58. The number of hydrogen-bond donors (Lipinski definition) is 2. The van der Waals surface area contributed by atoms with Crippen LogP contribution in [0.15, 0.2) is 24.3 Å². The number of esters is 1. The van der Waals surface area contributed by atoms with Crippen molar-refractivity contribution in [2.24, 2.45) is 11.8 Å². The van der Waals surface area contributed by atoms with Crippen molar-refractivity contribution in [1.82, 2.24) is 10.2 Å². The van der Waals surface area contributed by atoms with Crippen LogP contribution in [0.3, 0.4) is 0 Å². The summed E-state index contributed by atoms with van der Waals surface area (Å²) in [4.78, 5) is 38.6. The largest absolute Gasteiger partial charge is 0.494 e. The maximum Gasteiger partial charge on any atom is 0.308 e. The number of carbonyl (C=O) groups excluding carboxylic acids is 3. The molecule has 0 bridgehead atoms. The highest BCUT2D eigenvalue weighted by Crippen LogP contribution is 2.17. The van der Waals surface area contributed by atoms with Crippen molar-refractivity contribution in [2.75, 3.05) is 38.2 Å². The van der Waals surface area contributed by atoms with Gasteiger partial charge in [0.25, 0.3) is 0 Å². The smallest absolute Gasteiger partial charge is 0.308 e. The summed E-state index contributed by atoms with van der Waals surface area (Å²) >= 11 is 0. The Kier molecular flexibility index (Phi) is 9.62. The molecule has 0 aliphatic carbocycles. The molecular formula is C23H35N3O5. The van der Waals surface area contributed by atoms with Crippen LogP contribution in [0.4, 0.5) is 5.69 Å². The molecule has 172 valence electrons. The van der Waals surface area contributed by atoms with Crippen LogP contribution in [-0.2, 0) is 19.1 Å². The number of amides is 2. The first-order valence-electron chi connectivity index (χ1n) is 11.0. The van der Waals surface area contributed by atoms with Gasteiger partial charge in [-0.25, -0.2) is 0 Å². The fourth-order valence-corrected chi connectivity index (χ4v) is 3.05. The van der Waals surface area contributed by atoms with Gasteiger partial charge in [-0.2, -0.15) is 0 Å². The van der Waals surface area contributed by atoms with E-state index in [1.807, 2.05) is 38.1 Å². The van der Waals surface area contributed by atoms with Gasteiger partial charge in [0.2, 0.25) is 11.8 Å². The van der Waals surface area contributed by atoms with Gasteiger partial charge >= 0.3 is 5.97 Å². The van der Waals surface area contributed by atoms with E-state index in [0.29, 0.717) is 32.2 Å². The minimum absolute atomic E-state index is 0.0262. The lowest BCUT2D eigenvalue weighted by Crippen LogP contribution is -2.58. The average Bonchev–Trinajstić information content (AvgIpc) is 2.72. The number of rotatable bonds is 11. The van der Waals surface area contributed by atoms with Crippen molar-refractivity contribution in [3.8, 4) is 5.75 Å². The molecule has 1 atom stereocenters. The number of ether oxygens (including phenoxy) is 2. The maximum absolute atomic E-state index is 12.8. The molecule has 0 saturated carbocycles. The Hall–Kier alpha value is -2.77. The lowest BCUT2D eigenvalue weighted by Gasteiger charge is -2.34. The molecule has 0 radical (unpaired) electrons. The number of anilines is 1. The number of nitrogens with one attached hydrogen (secondary N) is 2. The normalized spacial score (nSPS) is 16.3. The maximum atomic E-state index is 12.8. The second kappa shape index (κ2) is 12.2. The highest BCUT2D eigenvalue weighted by atomic mass is 16.5. The van der Waals surface area contributed by atoms with Crippen LogP contribution in [0, 0.1) is 11.8 Å². The standard InChI is InChI=1S/C23H35N3O5/c1-16(2)9-12-30-19-7-5-18(6-8-19)25-14-21(27)26-11-10-24-23(29)20(26)13-22(28)31-15-17(3)4/h5-8,16-17,20,25H,9-15H2,1-4H3,(H,24,29). The van der Waals surface area contributed by atoms with Crippen LogP contribution in [0.25, 0.3) is 0 Å². The summed E-state index contributed by atoms with van der Waals surface area (Å²) in [6, 6.07) is 6.56. The molecule has 2 amide bonds. The third kappa shape index (κ3) is 8.47. The van der Waals surface area contributed by atoms with E-state index in [0.717, 1.165) is 17.9 Å². The minimum Gasteiger partial charge on any atom is -0.494 e. The van der Waals surface area contributed by atoms with Crippen LogP contribution in [0.1, 0.15) is 40.5 Å². The van der Waals surface area contributed by atoms with Crippen molar-refractivity contribution in [3.05, 3.63) is 24.3 Å². The molecule has 1 heterocycles. The number of hydrogen-bond acceptors (Lipinski definition) is 6. The zero-order chi connectivity index (χ0) is 22.8. The highest BCUT2D eigenvalue weighted by molar-refractivity contribution is 5.93. The zero-order valence-electron chi connectivity index (χ0n) is 19.0. The molecule has 1 unspecified atom stereocenters. The Morgan fingerprint density at radius 1 is 1.16 bits per heavy atom. The van der Waals surface area contributed by atoms with Crippen LogP contribution in [0.2, 0.25) is 0 Å². The van der Waals surface area contributed by atoms with E-state index in [1.165, 1.54) is 4.90 Å². The molecule has 2 N–H and O–H groups in total. The van der Waals surface area contributed by atoms with Gasteiger partial charge in [-0.1, -0.05) is 27.7 Å². The van der Waals surface area contributed by atoms with Gasteiger partial charge in [0.05, 0.1) is 26.2 Å². The van der Waals surface area contributed by atoms with E-state index >= 15 is 0 Å². The van der Waals surface area contributed by atoms with Gasteiger partial charge in [0.15, 0.2) is 0 Å². The Bertz CT molecular complexity index is 733. The third-order valence-corrected chi connectivity index (χ3v) is 4.85. The molecule has 1 saturated heterocycles. The molecule has 8 nitrogen and oxygen atoms in total. The molecule has 1 aromatic carbocycles. The van der Waals surface area contributed by atoms with Crippen molar-refractivity contribution in [3.63, 3.8) is 0 Å². The first-order valence-corrected chi connectivity index (χ1v) is 11.0. The summed E-state index contributed by atoms with van der Waals surface area (Å²) in [5, 5.41) is 5.79. The van der Waals surface area contributed by atoms with Crippen LogP contribution in [-0.4, -0.2) is 61.6 Å². The van der Waals surface area contributed by atoms with E-state index in [4.69, 9.17) is 9.47 Å². The van der Waals surface area contributed by atoms with E-state index in [2.05, 4.69) is 24.5 Å². The number of benzene rings is 1. The fraction of sp³-hybridized carbons (Fsp3) is 0.609. The van der Waals surface area contributed by atoms with Crippen molar-refractivity contribution < 1.29 is 23.9 Å².